The number of hydrogen-bond acceptors (Lipinski definition) is 5. The van der Waals surface area contributed by atoms with E-state index in [1.165, 1.54) is 0 Å². The molecule has 158 valence electrons. The van der Waals surface area contributed by atoms with Crippen LogP contribution in [0.25, 0.3) is 0 Å². The summed E-state index contributed by atoms with van der Waals surface area (Å²) in [7, 11) is 1.64. The second-order valence-corrected chi connectivity index (χ2v) is 7.98. The zero-order valence-corrected chi connectivity index (χ0v) is 18.4. The first-order valence-electron chi connectivity index (χ1n) is 10.0. The summed E-state index contributed by atoms with van der Waals surface area (Å²) in [4.78, 5) is 16.0. The Morgan fingerprint density at radius 3 is 2.57 bits per heavy atom. The largest absolute Gasteiger partial charge is 0.493 e. The van der Waals surface area contributed by atoms with E-state index in [-0.39, 0.29) is 11.9 Å². The Labute approximate surface area is 182 Å². The standard InChI is InChI=1S/C24H28N2O3S/c1-4-26(18(2)24(27)25-20-9-6-5-7-10-20)16-19-12-13-22(23(15-19)28-3)29-17-21-11-8-14-30-21/h5-15,18H,4,16-17H2,1-3H3,(H,25,27)/t18-/m0/s1. The lowest BCUT2D eigenvalue weighted by molar-refractivity contribution is -0.120. The molecule has 3 aromatic rings. The molecule has 0 saturated heterocycles. The van der Waals surface area contributed by atoms with Crippen molar-refractivity contribution in [2.24, 2.45) is 0 Å². The Balaban J connectivity index is 1.64. The number of thiophene rings is 1. The second-order valence-electron chi connectivity index (χ2n) is 6.95. The van der Waals surface area contributed by atoms with Crippen LogP contribution in [0.15, 0.2) is 66.0 Å². The van der Waals surface area contributed by atoms with Gasteiger partial charge in [0, 0.05) is 17.1 Å². The molecule has 1 aromatic heterocycles. The smallest absolute Gasteiger partial charge is 0.241 e. The number of nitrogens with zero attached hydrogens (tertiary/aromatic N) is 1. The number of benzene rings is 2. The molecule has 1 heterocycles. The first-order valence-corrected chi connectivity index (χ1v) is 10.9. The van der Waals surface area contributed by atoms with Gasteiger partial charge in [0.2, 0.25) is 5.91 Å². The van der Waals surface area contributed by atoms with Crippen LogP contribution in [0, 0.1) is 0 Å². The van der Waals surface area contributed by atoms with Crippen LogP contribution in [0.4, 0.5) is 5.69 Å². The van der Waals surface area contributed by atoms with Gasteiger partial charge in [-0.2, -0.15) is 0 Å². The van der Waals surface area contributed by atoms with Crippen molar-refractivity contribution in [1.29, 1.82) is 0 Å². The SMILES string of the molecule is CCN(Cc1ccc(OCc2cccs2)c(OC)c1)[C@@H](C)C(=O)Nc1ccccc1. The van der Waals surface area contributed by atoms with Gasteiger partial charge in [0.05, 0.1) is 13.2 Å². The predicted molar refractivity (Wildman–Crippen MR) is 122 cm³/mol. The van der Waals surface area contributed by atoms with E-state index in [4.69, 9.17) is 9.47 Å². The number of methoxy groups -OCH3 is 1. The molecule has 6 heteroatoms. The van der Waals surface area contributed by atoms with Crippen molar-refractivity contribution in [3.63, 3.8) is 0 Å². The molecule has 0 fully saturated rings. The van der Waals surface area contributed by atoms with Gasteiger partial charge in [-0.3, -0.25) is 9.69 Å². The summed E-state index contributed by atoms with van der Waals surface area (Å²) in [5.41, 5.74) is 1.87. The minimum absolute atomic E-state index is 0.0223. The van der Waals surface area contributed by atoms with E-state index in [0.717, 1.165) is 22.7 Å². The molecule has 0 aliphatic heterocycles. The number of carbonyl (C=O) groups excluding carboxylic acids is 1. The molecule has 0 bridgehead atoms. The highest BCUT2D eigenvalue weighted by Crippen LogP contribution is 2.30. The summed E-state index contributed by atoms with van der Waals surface area (Å²) < 4.78 is 11.5. The highest BCUT2D eigenvalue weighted by molar-refractivity contribution is 7.09. The zero-order chi connectivity index (χ0) is 21.3. The molecular formula is C24H28N2O3S. The summed E-state index contributed by atoms with van der Waals surface area (Å²) in [6.07, 6.45) is 0. The molecule has 3 rings (SSSR count). The molecule has 0 saturated carbocycles. The molecule has 0 aliphatic carbocycles. The number of carbonyl (C=O) groups is 1. The van der Waals surface area contributed by atoms with Crippen molar-refractivity contribution < 1.29 is 14.3 Å². The van der Waals surface area contributed by atoms with Crippen LogP contribution in [0.1, 0.15) is 24.3 Å². The van der Waals surface area contributed by atoms with Crippen LogP contribution in [-0.2, 0) is 17.9 Å². The lowest BCUT2D eigenvalue weighted by Crippen LogP contribution is -2.41. The van der Waals surface area contributed by atoms with Gasteiger partial charge in [-0.1, -0.05) is 37.3 Å². The van der Waals surface area contributed by atoms with Crippen LogP contribution in [-0.4, -0.2) is 30.5 Å². The van der Waals surface area contributed by atoms with Crippen LogP contribution in [0.2, 0.25) is 0 Å². The average Bonchev–Trinajstić information content (AvgIpc) is 3.30. The summed E-state index contributed by atoms with van der Waals surface area (Å²) in [5, 5.41) is 5.01. The monoisotopic (exact) mass is 424 g/mol. The van der Waals surface area contributed by atoms with Gasteiger partial charge in [0.25, 0.3) is 0 Å². The Bertz CT molecular complexity index is 929. The Hall–Kier alpha value is -2.83. The molecule has 1 atom stereocenters. The third-order valence-corrected chi connectivity index (χ3v) is 5.79. The third kappa shape index (κ3) is 5.84. The van der Waals surface area contributed by atoms with Gasteiger partial charge in [-0.15, -0.1) is 11.3 Å². The molecule has 5 nitrogen and oxygen atoms in total. The summed E-state index contributed by atoms with van der Waals surface area (Å²) in [6.45, 7) is 5.90. The molecule has 0 unspecified atom stereocenters. The molecule has 0 aliphatic rings. The number of para-hydroxylation sites is 1. The predicted octanol–water partition coefficient (Wildman–Crippen LogP) is 5.18. The molecule has 30 heavy (non-hydrogen) atoms. The highest BCUT2D eigenvalue weighted by Gasteiger charge is 2.21. The minimum atomic E-state index is -0.268. The fraction of sp³-hybridized carbons (Fsp3) is 0.292. The van der Waals surface area contributed by atoms with Crippen LogP contribution < -0.4 is 14.8 Å². The lowest BCUT2D eigenvalue weighted by Gasteiger charge is -2.27. The Kier molecular flexibility index (Phi) is 7.88. The number of hydrogen-bond donors (Lipinski definition) is 1. The Morgan fingerprint density at radius 1 is 1.10 bits per heavy atom. The quantitative estimate of drug-likeness (QED) is 0.487. The normalized spacial score (nSPS) is 11.9. The van der Waals surface area contributed by atoms with Gasteiger partial charge in [-0.25, -0.2) is 0 Å². The van der Waals surface area contributed by atoms with E-state index < -0.39 is 0 Å². The van der Waals surface area contributed by atoms with Gasteiger partial charge in [0.1, 0.15) is 6.61 Å². The maximum Gasteiger partial charge on any atom is 0.241 e. The van der Waals surface area contributed by atoms with Gasteiger partial charge in [-0.05, 0) is 54.7 Å². The van der Waals surface area contributed by atoms with Crippen molar-refractivity contribution in [3.05, 3.63) is 76.5 Å². The van der Waals surface area contributed by atoms with E-state index in [1.54, 1.807) is 18.4 Å². The third-order valence-electron chi connectivity index (χ3n) is 4.94. The average molecular weight is 425 g/mol. The molecule has 1 amide bonds. The van der Waals surface area contributed by atoms with Crippen LogP contribution in [0.5, 0.6) is 11.5 Å². The van der Waals surface area contributed by atoms with Crippen molar-refractivity contribution in [1.82, 2.24) is 4.90 Å². The van der Waals surface area contributed by atoms with Crippen molar-refractivity contribution in [2.45, 2.75) is 33.0 Å². The van der Waals surface area contributed by atoms with E-state index in [1.807, 2.05) is 73.0 Å². The second kappa shape index (κ2) is 10.8. The molecule has 0 spiro atoms. The summed E-state index contributed by atoms with van der Waals surface area (Å²) in [6, 6.07) is 19.3. The number of amides is 1. The van der Waals surface area contributed by atoms with Gasteiger partial charge in [0.15, 0.2) is 11.5 Å². The molecule has 1 N–H and O–H groups in total. The van der Waals surface area contributed by atoms with E-state index >= 15 is 0 Å². The van der Waals surface area contributed by atoms with Crippen LogP contribution in [0.3, 0.4) is 0 Å². The van der Waals surface area contributed by atoms with Crippen molar-refractivity contribution >= 4 is 22.9 Å². The van der Waals surface area contributed by atoms with Gasteiger partial charge < -0.3 is 14.8 Å². The van der Waals surface area contributed by atoms with E-state index in [9.17, 15) is 4.79 Å². The number of nitrogens with one attached hydrogen (secondary N) is 1. The fourth-order valence-electron chi connectivity index (χ4n) is 3.16. The number of rotatable bonds is 10. The maximum atomic E-state index is 12.7. The lowest BCUT2D eigenvalue weighted by atomic mass is 10.1. The summed E-state index contributed by atoms with van der Waals surface area (Å²) >= 11 is 1.67. The van der Waals surface area contributed by atoms with Crippen molar-refractivity contribution in [2.75, 3.05) is 19.0 Å². The maximum absolute atomic E-state index is 12.7. The van der Waals surface area contributed by atoms with E-state index in [0.29, 0.717) is 24.7 Å². The first-order chi connectivity index (χ1) is 14.6. The topological polar surface area (TPSA) is 50.8 Å². The minimum Gasteiger partial charge on any atom is -0.493 e. The number of anilines is 1. The van der Waals surface area contributed by atoms with E-state index in [2.05, 4.69) is 17.1 Å². The zero-order valence-electron chi connectivity index (χ0n) is 17.6. The number of ether oxygens (including phenoxy) is 2. The van der Waals surface area contributed by atoms with Gasteiger partial charge >= 0.3 is 0 Å². The van der Waals surface area contributed by atoms with Crippen LogP contribution >= 0.6 is 11.3 Å². The first kappa shape index (κ1) is 21.9. The number of likely N-dealkylation sites (N-methyl/N-ethyl adjacent to an activating group) is 1. The summed E-state index contributed by atoms with van der Waals surface area (Å²) in [5.74, 6) is 1.39. The van der Waals surface area contributed by atoms with Crippen molar-refractivity contribution in [3.8, 4) is 11.5 Å². The molecule has 0 radical (unpaired) electrons. The molecule has 2 aromatic carbocycles. The Morgan fingerprint density at radius 2 is 1.90 bits per heavy atom. The fourth-order valence-corrected chi connectivity index (χ4v) is 3.78. The molecular weight excluding hydrogens is 396 g/mol. The highest BCUT2D eigenvalue weighted by atomic mass is 32.1.